The molecule has 1 aromatic heterocycles. The van der Waals surface area contributed by atoms with Gasteiger partial charge in [-0.1, -0.05) is 23.7 Å². The lowest BCUT2D eigenvalue weighted by atomic mass is 10.2. The molecule has 0 radical (unpaired) electrons. The number of benzene rings is 1. The fourth-order valence-corrected chi connectivity index (χ4v) is 1.83. The van der Waals surface area contributed by atoms with E-state index in [-0.39, 0.29) is 6.61 Å². The van der Waals surface area contributed by atoms with Gasteiger partial charge in [0.15, 0.2) is 0 Å². The Kier molecular flexibility index (Phi) is 5.40. The third kappa shape index (κ3) is 4.85. The predicted octanol–water partition coefficient (Wildman–Crippen LogP) is 2.06. The molecule has 5 nitrogen and oxygen atoms in total. The SMILES string of the molecule is Cn1cc(NCC(O)COCc2ccc(Cl)cc2)cn1. The first-order valence-electron chi connectivity index (χ1n) is 6.36. The van der Waals surface area contributed by atoms with Crippen molar-refractivity contribution in [1.29, 1.82) is 0 Å². The van der Waals surface area contributed by atoms with Crippen molar-refractivity contribution in [2.24, 2.45) is 7.05 Å². The average molecular weight is 296 g/mol. The molecule has 0 aliphatic heterocycles. The van der Waals surface area contributed by atoms with Crippen LogP contribution in [-0.4, -0.2) is 34.1 Å². The number of halogens is 1. The summed E-state index contributed by atoms with van der Waals surface area (Å²) in [5.41, 5.74) is 1.91. The Morgan fingerprint density at radius 2 is 2.15 bits per heavy atom. The fraction of sp³-hybridized carbons (Fsp3) is 0.357. The van der Waals surface area contributed by atoms with E-state index < -0.39 is 6.10 Å². The molecule has 0 fully saturated rings. The maximum Gasteiger partial charge on any atom is 0.0945 e. The molecule has 0 aliphatic rings. The smallest absolute Gasteiger partial charge is 0.0945 e. The molecule has 0 spiro atoms. The second-order valence-corrected chi connectivity index (χ2v) is 5.02. The van der Waals surface area contributed by atoms with Crippen LogP contribution in [0.25, 0.3) is 0 Å². The molecule has 1 aromatic carbocycles. The quantitative estimate of drug-likeness (QED) is 0.821. The number of aryl methyl sites for hydroxylation is 1. The zero-order valence-electron chi connectivity index (χ0n) is 11.3. The standard InChI is InChI=1S/C14H18ClN3O2/c1-18-8-13(6-17-18)16-7-14(19)10-20-9-11-2-4-12(15)5-3-11/h2-6,8,14,16,19H,7,9-10H2,1H3. The van der Waals surface area contributed by atoms with Crippen molar-refractivity contribution in [3.63, 3.8) is 0 Å². The lowest BCUT2D eigenvalue weighted by molar-refractivity contribution is 0.0348. The van der Waals surface area contributed by atoms with Gasteiger partial charge < -0.3 is 15.2 Å². The molecule has 20 heavy (non-hydrogen) atoms. The minimum Gasteiger partial charge on any atom is -0.389 e. The Balaban J connectivity index is 1.65. The van der Waals surface area contributed by atoms with Crippen molar-refractivity contribution < 1.29 is 9.84 Å². The van der Waals surface area contributed by atoms with E-state index in [1.165, 1.54) is 0 Å². The van der Waals surface area contributed by atoms with Gasteiger partial charge in [0.1, 0.15) is 0 Å². The average Bonchev–Trinajstić information content (AvgIpc) is 2.85. The molecule has 0 saturated carbocycles. The van der Waals surface area contributed by atoms with E-state index in [2.05, 4.69) is 10.4 Å². The summed E-state index contributed by atoms with van der Waals surface area (Å²) >= 11 is 5.80. The van der Waals surface area contributed by atoms with Gasteiger partial charge >= 0.3 is 0 Å². The number of rotatable bonds is 7. The Morgan fingerprint density at radius 3 is 2.80 bits per heavy atom. The summed E-state index contributed by atoms with van der Waals surface area (Å²) < 4.78 is 7.16. The maximum atomic E-state index is 9.80. The van der Waals surface area contributed by atoms with Crippen LogP contribution < -0.4 is 5.32 Å². The summed E-state index contributed by atoms with van der Waals surface area (Å²) in [6.45, 7) is 1.16. The van der Waals surface area contributed by atoms with Crippen LogP contribution in [0.5, 0.6) is 0 Å². The highest BCUT2D eigenvalue weighted by Crippen LogP contribution is 2.10. The number of aromatic nitrogens is 2. The number of ether oxygens (including phenoxy) is 1. The Morgan fingerprint density at radius 1 is 1.40 bits per heavy atom. The Labute approximate surface area is 123 Å². The van der Waals surface area contributed by atoms with Gasteiger partial charge in [0.2, 0.25) is 0 Å². The van der Waals surface area contributed by atoms with Gasteiger partial charge in [0.05, 0.1) is 31.2 Å². The zero-order valence-corrected chi connectivity index (χ0v) is 12.0. The molecule has 1 heterocycles. The first kappa shape index (κ1) is 14.8. The first-order valence-corrected chi connectivity index (χ1v) is 6.74. The molecular weight excluding hydrogens is 278 g/mol. The van der Waals surface area contributed by atoms with Crippen LogP contribution in [0.3, 0.4) is 0 Å². The first-order chi connectivity index (χ1) is 9.63. The van der Waals surface area contributed by atoms with Crippen LogP contribution in [0.15, 0.2) is 36.7 Å². The number of aliphatic hydroxyl groups excluding tert-OH is 1. The summed E-state index contributed by atoms with van der Waals surface area (Å²) in [7, 11) is 1.84. The molecule has 1 atom stereocenters. The summed E-state index contributed by atoms with van der Waals surface area (Å²) in [6.07, 6.45) is 2.99. The highest BCUT2D eigenvalue weighted by Gasteiger charge is 2.05. The molecule has 6 heteroatoms. The maximum absolute atomic E-state index is 9.80. The number of aliphatic hydroxyl groups is 1. The van der Waals surface area contributed by atoms with Gasteiger partial charge in [-0.3, -0.25) is 4.68 Å². The van der Waals surface area contributed by atoms with Crippen LogP contribution in [0.4, 0.5) is 5.69 Å². The minimum absolute atomic E-state index is 0.274. The van der Waals surface area contributed by atoms with Crippen LogP contribution in [0.2, 0.25) is 5.02 Å². The van der Waals surface area contributed by atoms with Gasteiger partial charge in [0, 0.05) is 24.8 Å². The third-order valence-corrected chi connectivity index (χ3v) is 2.99. The molecule has 2 aromatic rings. The van der Waals surface area contributed by atoms with E-state index in [0.717, 1.165) is 11.3 Å². The molecule has 0 amide bonds. The monoisotopic (exact) mass is 295 g/mol. The summed E-state index contributed by atoms with van der Waals surface area (Å²) in [5.74, 6) is 0. The number of hydrogen-bond donors (Lipinski definition) is 2. The van der Waals surface area contributed by atoms with E-state index >= 15 is 0 Å². The Bertz CT molecular complexity index is 527. The van der Waals surface area contributed by atoms with Crippen LogP contribution in [0, 0.1) is 0 Å². The molecule has 0 aliphatic carbocycles. The van der Waals surface area contributed by atoms with E-state index in [0.29, 0.717) is 18.2 Å². The fourth-order valence-electron chi connectivity index (χ4n) is 1.70. The van der Waals surface area contributed by atoms with Gasteiger partial charge in [-0.2, -0.15) is 5.10 Å². The van der Waals surface area contributed by atoms with Crippen molar-refractivity contribution in [3.8, 4) is 0 Å². The third-order valence-electron chi connectivity index (χ3n) is 2.74. The normalized spacial score (nSPS) is 12.3. The lowest BCUT2D eigenvalue weighted by Crippen LogP contribution is -2.24. The number of hydrogen-bond acceptors (Lipinski definition) is 4. The summed E-state index contributed by atoms with van der Waals surface area (Å²) in [5, 5.41) is 17.6. The topological polar surface area (TPSA) is 59.3 Å². The second kappa shape index (κ2) is 7.28. The van der Waals surface area contributed by atoms with Crippen molar-refractivity contribution in [3.05, 3.63) is 47.2 Å². The second-order valence-electron chi connectivity index (χ2n) is 4.58. The number of nitrogens with one attached hydrogen (secondary N) is 1. The van der Waals surface area contributed by atoms with Gasteiger partial charge in [-0.25, -0.2) is 0 Å². The molecule has 2 rings (SSSR count). The highest BCUT2D eigenvalue weighted by atomic mass is 35.5. The van der Waals surface area contributed by atoms with E-state index in [1.54, 1.807) is 10.9 Å². The van der Waals surface area contributed by atoms with Gasteiger partial charge in [-0.05, 0) is 17.7 Å². The molecule has 108 valence electrons. The molecule has 1 unspecified atom stereocenters. The van der Waals surface area contributed by atoms with Crippen molar-refractivity contribution in [1.82, 2.24) is 9.78 Å². The van der Waals surface area contributed by atoms with Crippen LogP contribution in [-0.2, 0) is 18.4 Å². The minimum atomic E-state index is -0.567. The number of anilines is 1. The van der Waals surface area contributed by atoms with Crippen molar-refractivity contribution in [2.75, 3.05) is 18.5 Å². The zero-order chi connectivity index (χ0) is 14.4. The van der Waals surface area contributed by atoms with Crippen molar-refractivity contribution in [2.45, 2.75) is 12.7 Å². The van der Waals surface area contributed by atoms with Crippen LogP contribution >= 0.6 is 11.6 Å². The van der Waals surface area contributed by atoms with Gasteiger partial charge in [0.25, 0.3) is 0 Å². The largest absolute Gasteiger partial charge is 0.389 e. The number of nitrogens with zero attached hydrogens (tertiary/aromatic N) is 2. The summed E-state index contributed by atoms with van der Waals surface area (Å²) in [4.78, 5) is 0. The van der Waals surface area contributed by atoms with E-state index in [4.69, 9.17) is 16.3 Å². The molecular formula is C14H18ClN3O2. The molecule has 2 N–H and O–H groups in total. The van der Waals surface area contributed by atoms with E-state index in [9.17, 15) is 5.11 Å². The van der Waals surface area contributed by atoms with Gasteiger partial charge in [-0.15, -0.1) is 0 Å². The van der Waals surface area contributed by atoms with Crippen molar-refractivity contribution >= 4 is 17.3 Å². The highest BCUT2D eigenvalue weighted by molar-refractivity contribution is 6.30. The molecule has 0 saturated heterocycles. The van der Waals surface area contributed by atoms with E-state index in [1.807, 2.05) is 37.5 Å². The molecule has 0 bridgehead atoms. The van der Waals surface area contributed by atoms with Crippen LogP contribution in [0.1, 0.15) is 5.56 Å². The Hall–Kier alpha value is -1.56. The lowest BCUT2D eigenvalue weighted by Gasteiger charge is -2.12. The summed E-state index contributed by atoms with van der Waals surface area (Å²) in [6, 6.07) is 7.45. The predicted molar refractivity (Wildman–Crippen MR) is 78.8 cm³/mol.